The number of fused-ring (bicyclic) bond motifs is 1. The molecule has 0 spiro atoms. The molecule has 288 valence electrons. The number of aromatic nitrogens is 5. The summed E-state index contributed by atoms with van der Waals surface area (Å²) in [6.45, 7) is 30.3. The quantitative estimate of drug-likeness (QED) is 0.220. The van der Waals surface area contributed by atoms with Crippen molar-refractivity contribution in [2.45, 2.75) is 122 Å². The van der Waals surface area contributed by atoms with E-state index in [2.05, 4.69) is 113 Å². The number of nitrogens with one attached hydrogen (secondary N) is 1. The second kappa shape index (κ2) is 15.7. The van der Waals surface area contributed by atoms with Crippen LogP contribution >= 0.6 is 0 Å². The monoisotopic (exact) mass is 768 g/mol. The minimum Gasteiger partial charge on any atom is -0.408 e. The van der Waals surface area contributed by atoms with Gasteiger partial charge in [0.25, 0.3) is 5.56 Å². The second-order valence-corrected chi connectivity index (χ2v) is 27.6. The number of hydrogen-bond acceptors (Lipinski definition) is 12. The third kappa shape index (κ3) is 8.92. The molecule has 4 N–H and O–H groups in total. The van der Waals surface area contributed by atoms with E-state index in [0.29, 0.717) is 11.2 Å². The van der Waals surface area contributed by atoms with Crippen molar-refractivity contribution in [1.82, 2.24) is 29.1 Å². The van der Waals surface area contributed by atoms with Crippen molar-refractivity contribution in [2.24, 2.45) is 0 Å². The van der Waals surface area contributed by atoms with E-state index >= 15 is 0 Å². The molecule has 0 radical (unpaired) electrons. The van der Waals surface area contributed by atoms with Crippen LogP contribution in [-0.2, 0) is 23.7 Å². The average Bonchev–Trinajstić information content (AvgIpc) is 3.57. The Bertz CT molecular complexity index is 1780. The summed E-state index contributed by atoms with van der Waals surface area (Å²) in [5.74, 6) is 0.171. The number of nitrogens with two attached hydrogens (primary N) is 1. The highest BCUT2D eigenvalue weighted by molar-refractivity contribution is 7.87. The summed E-state index contributed by atoms with van der Waals surface area (Å²) in [7, 11) is -9.99. The highest BCUT2D eigenvalue weighted by Crippen LogP contribution is 2.55. The van der Waals surface area contributed by atoms with Gasteiger partial charge in [0, 0.05) is 12.3 Å². The van der Waals surface area contributed by atoms with Crippen LogP contribution in [0.4, 0.5) is 5.82 Å². The molecule has 0 unspecified atom stereocenters. The number of ether oxygens (including phenoxy) is 1. The van der Waals surface area contributed by atoms with Crippen LogP contribution in [0.15, 0.2) is 41.8 Å². The van der Waals surface area contributed by atoms with Crippen LogP contribution in [0.2, 0.25) is 36.3 Å². The molecule has 4 atom stereocenters. The Balaban J connectivity index is 0.000000908. The van der Waals surface area contributed by atoms with Crippen LogP contribution in [0.1, 0.15) is 68.5 Å². The largest absolute Gasteiger partial charge is 0.408 e. The average molecular weight is 769 g/mol. The molecule has 0 bridgehead atoms. The Kier molecular flexibility index (Phi) is 13.2. The van der Waals surface area contributed by atoms with Gasteiger partial charge in [-0.15, -0.1) is 0 Å². The Morgan fingerprint density at radius 3 is 2.14 bits per heavy atom. The summed E-state index contributed by atoms with van der Waals surface area (Å²) in [5.41, 5.74) is 6.20. The summed E-state index contributed by atoms with van der Waals surface area (Å²) in [4.78, 5) is 29.5. The molecule has 18 heteroatoms. The summed E-state index contributed by atoms with van der Waals surface area (Å²) in [5, 5.41) is 10.9. The van der Waals surface area contributed by atoms with E-state index in [0.717, 1.165) is 4.68 Å². The Labute approximate surface area is 305 Å². The molecule has 1 fully saturated rings. The van der Waals surface area contributed by atoms with E-state index in [-0.39, 0.29) is 15.9 Å². The molecule has 1 saturated heterocycles. The molecule has 0 aromatic carbocycles. The number of hydrogen-bond donors (Lipinski definition) is 3. The summed E-state index contributed by atoms with van der Waals surface area (Å²) in [6, 6.07) is 4.20. The van der Waals surface area contributed by atoms with Crippen LogP contribution in [-0.4, -0.2) is 103 Å². The SMILES string of the molecule is CC(C)(C)[Si](C)(C)O[C@@H]1[C@@H](COS(=O)(=O)Nn2ccccc2=O)O[C@@H](n2cnc3c(N)ncnc32)[C@@]1(O)[Si](C)(C)C(C)(C)C.CCN(CC)CC. The zero-order valence-electron chi connectivity index (χ0n) is 32.6. The van der Waals surface area contributed by atoms with Gasteiger partial charge in [-0.05, 0) is 48.9 Å². The van der Waals surface area contributed by atoms with Gasteiger partial charge >= 0.3 is 10.3 Å². The van der Waals surface area contributed by atoms with Gasteiger partial charge in [-0.2, -0.15) is 13.2 Å². The molecule has 51 heavy (non-hydrogen) atoms. The third-order valence-corrected chi connectivity index (χ3v) is 22.6. The summed E-state index contributed by atoms with van der Waals surface area (Å²) in [6.07, 6.45) is 0.936. The van der Waals surface area contributed by atoms with E-state index in [1.807, 2.05) is 0 Å². The molecule has 4 heterocycles. The first kappa shape index (κ1) is 42.7. The van der Waals surface area contributed by atoms with Gasteiger partial charge in [0.2, 0.25) is 0 Å². The van der Waals surface area contributed by atoms with Crippen molar-refractivity contribution in [3.8, 4) is 0 Å². The minimum atomic E-state index is -4.49. The van der Waals surface area contributed by atoms with Gasteiger partial charge in [-0.1, -0.05) is 81.5 Å². The first-order valence-corrected chi connectivity index (χ1v) is 24.8. The van der Waals surface area contributed by atoms with Crippen molar-refractivity contribution in [3.05, 3.63) is 47.4 Å². The van der Waals surface area contributed by atoms with Gasteiger partial charge in [0.15, 0.2) is 26.0 Å². The first-order chi connectivity index (χ1) is 23.4. The topological polar surface area (TPSA) is 189 Å². The van der Waals surface area contributed by atoms with Crippen LogP contribution < -0.4 is 16.1 Å². The fraction of sp³-hybridized carbons (Fsp3) is 0.697. The fourth-order valence-corrected chi connectivity index (χ4v) is 10.8. The van der Waals surface area contributed by atoms with Gasteiger partial charge in [0.1, 0.15) is 29.3 Å². The molecule has 3 aromatic heterocycles. The van der Waals surface area contributed by atoms with Gasteiger partial charge < -0.3 is 24.9 Å². The maximum atomic E-state index is 13.2. The molecule has 3 aromatic rings. The van der Waals surface area contributed by atoms with Crippen LogP contribution in [0.25, 0.3) is 11.2 Å². The molecule has 1 aliphatic heterocycles. The standard InChI is InChI=1S/C27H45N7O7SSi2.C6H15N/c1-25(2,3)43(7,8)27(36)21(41-44(9,10)26(4,5)6)18(15-39-42(37,38)32-34-14-12-11-13-19(34)35)40-24(27)33-17-31-20-22(28)29-16-30-23(20)33;1-4-7(5-2)6-3/h11-14,16-18,21,24,32,36H,15H2,1-10H3,(H2,28,29,30);4-6H2,1-3H3/t18-,21-,24-,27+;/m1./s1. The van der Waals surface area contributed by atoms with E-state index in [4.69, 9.17) is 19.1 Å². The fourth-order valence-electron chi connectivity index (χ4n) is 5.61. The number of rotatable bonds is 12. The molecule has 0 amide bonds. The predicted molar refractivity (Wildman–Crippen MR) is 206 cm³/mol. The maximum absolute atomic E-state index is 13.2. The molecule has 15 nitrogen and oxygen atoms in total. The lowest BCUT2D eigenvalue weighted by molar-refractivity contribution is -0.0653. The third-order valence-electron chi connectivity index (χ3n) is 11.0. The van der Waals surface area contributed by atoms with Crippen LogP contribution in [0.3, 0.4) is 0 Å². The van der Waals surface area contributed by atoms with Gasteiger partial charge in [-0.3, -0.25) is 9.36 Å². The Morgan fingerprint density at radius 1 is 1.02 bits per heavy atom. The van der Waals surface area contributed by atoms with E-state index in [1.54, 1.807) is 4.57 Å². The van der Waals surface area contributed by atoms with Gasteiger partial charge in [0.05, 0.1) is 21.0 Å². The highest BCUT2D eigenvalue weighted by Gasteiger charge is 2.69. The number of pyridine rings is 1. The zero-order valence-corrected chi connectivity index (χ0v) is 35.4. The minimum absolute atomic E-state index is 0.171. The molecule has 4 rings (SSSR count). The number of imidazole rings is 1. The van der Waals surface area contributed by atoms with Crippen molar-refractivity contribution in [2.75, 3.05) is 36.8 Å². The molecule has 0 aliphatic carbocycles. The number of anilines is 1. The second-order valence-electron chi connectivity index (χ2n) is 16.0. The van der Waals surface area contributed by atoms with Crippen molar-refractivity contribution in [3.63, 3.8) is 0 Å². The molecule has 1 aliphatic rings. The highest BCUT2D eigenvalue weighted by atomic mass is 32.2. The van der Waals surface area contributed by atoms with Crippen LogP contribution in [0, 0.1) is 0 Å². The summed E-state index contributed by atoms with van der Waals surface area (Å²) >= 11 is 0. The Morgan fingerprint density at radius 2 is 1.63 bits per heavy atom. The number of aliphatic hydroxyl groups is 1. The van der Waals surface area contributed by atoms with Crippen molar-refractivity contribution >= 4 is 43.7 Å². The zero-order chi connectivity index (χ0) is 38.8. The van der Waals surface area contributed by atoms with Gasteiger partial charge in [-0.25, -0.2) is 23.8 Å². The first-order valence-electron chi connectivity index (χ1n) is 17.4. The van der Waals surface area contributed by atoms with Crippen molar-refractivity contribution < 1.29 is 26.9 Å². The Hall–Kier alpha value is -2.72. The van der Waals surface area contributed by atoms with E-state index in [9.17, 15) is 18.3 Å². The number of nitrogen functional groups attached to an aromatic ring is 1. The maximum Gasteiger partial charge on any atom is 0.373 e. The predicted octanol–water partition coefficient (Wildman–Crippen LogP) is 4.49. The molecule has 0 saturated carbocycles. The smallest absolute Gasteiger partial charge is 0.373 e. The van der Waals surface area contributed by atoms with Crippen LogP contribution in [0.5, 0.6) is 0 Å². The lowest BCUT2D eigenvalue weighted by Gasteiger charge is -2.53. The molecular formula is C33H60N8O7SSi2. The normalized spacial score (nSPS) is 21.9. The lowest BCUT2D eigenvalue weighted by Crippen LogP contribution is -2.69. The van der Waals surface area contributed by atoms with E-state index in [1.165, 1.54) is 56.7 Å². The van der Waals surface area contributed by atoms with Crippen molar-refractivity contribution in [1.29, 1.82) is 0 Å². The molecular weight excluding hydrogens is 709 g/mol. The van der Waals surface area contributed by atoms with E-state index < -0.39 is 62.5 Å². The summed E-state index contributed by atoms with van der Waals surface area (Å²) < 4.78 is 47.5. The number of nitrogens with zero attached hydrogens (tertiary/aromatic N) is 6. The lowest BCUT2D eigenvalue weighted by atomic mass is 10.1.